The number of rotatable bonds is 21. The minimum Gasteiger partial charge on any atom is -0.453 e. The zero-order valence-corrected chi connectivity index (χ0v) is 19.5. The minimum absolute atomic E-state index is 0.221. The molecular formula is C25H51NO2. The van der Waals surface area contributed by atoms with Gasteiger partial charge in [-0.1, -0.05) is 129 Å². The van der Waals surface area contributed by atoms with Crippen LogP contribution in [0.5, 0.6) is 0 Å². The molecule has 0 heterocycles. The molecule has 0 rings (SSSR count). The number of alkyl carbamates (subject to hydrolysis) is 1. The fourth-order valence-corrected chi connectivity index (χ4v) is 3.86. The van der Waals surface area contributed by atoms with Crippen molar-refractivity contribution in [3.63, 3.8) is 0 Å². The van der Waals surface area contributed by atoms with Crippen LogP contribution >= 0.6 is 0 Å². The van der Waals surface area contributed by atoms with E-state index < -0.39 is 0 Å². The Kier molecular flexibility index (Phi) is 22.0. The van der Waals surface area contributed by atoms with Crippen molar-refractivity contribution in [3.8, 4) is 0 Å². The van der Waals surface area contributed by atoms with E-state index in [1.54, 1.807) is 0 Å². The molecule has 0 aliphatic carbocycles. The largest absolute Gasteiger partial charge is 0.453 e. The van der Waals surface area contributed by atoms with Gasteiger partial charge < -0.3 is 10.1 Å². The number of carbonyl (C=O) groups is 1. The smallest absolute Gasteiger partial charge is 0.407 e. The Morgan fingerprint density at radius 1 is 0.643 bits per heavy atom. The molecule has 1 atom stereocenters. The van der Waals surface area contributed by atoms with Gasteiger partial charge in [-0.25, -0.2) is 4.79 Å². The quantitative estimate of drug-likeness (QED) is 0.197. The normalized spacial score (nSPS) is 12.1. The Morgan fingerprint density at radius 2 is 0.964 bits per heavy atom. The molecule has 0 aliphatic heterocycles. The van der Waals surface area contributed by atoms with Crippen molar-refractivity contribution in [2.45, 2.75) is 148 Å². The first-order chi connectivity index (χ1) is 13.7. The highest BCUT2D eigenvalue weighted by atomic mass is 16.5. The molecule has 0 fully saturated rings. The van der Waals surface area contributed by atoms with Crippen molar-refractivity contribution >= 4 is 6.09 Å². The first-order valence-corrected chi connectivity index (χ1v) is 12.5. The number of hydrogen-bond donors (Lipinski definition) is 1. The third-order valence-electron chi connectivity index (χ3n) is 5.79. The van der Waals surface area contributed by atoms with Crippen LogP contribution in [0.2, 0.25) is 0 Å². The Labute approximate surface area is 176 Å². The van der Waals surface area contributed by atoms with Crippen LogP contribution in [0.1, 0.15) is 142 Å². The van der Waals surface area contributed by atoms with E-state index in [4.69, 9.17) is 0 Å². The van der Waals surface area contributed by atoms with Gasteiger partial charge in [0.2, 0.25) is 0 Å². The third kappa shape index (κ3) is 21.6. The topological polar surface area (TPSA) is 38.3 Å². The molecule has 0 bridgehead atoms. The van der Waals surface area contributed by atoms with Crippen molar-refractivity contribution in [2.24, 2.45) is 0 Å². The molecule has 0 aromatic heterocycles. The van der Waals surface area contributed by atoms with E-state index >= 15 is 0 Å². The summed E-state index contributed by atoms with van der Waals surface area (Å²) < 4.78 is 4.61. The molecule has 1 N–H and O–H groups in total. The summed E-state index contributed by atoms with van der Waals surface area (Å²) in [5.74, 6) is 0. The second-order valence-corrected chi connectivity index (χ2v) is 8.69. The van der Waals surface area contributed by atoms with Gasteiger partial charge in [0.1, 0.15) is 0 Å². The predicted molar refractivity (Wildman–Crippen MR) is 123 cm³/mol. The molecule has 3 nitrogen and oxygen atoms in total. The van der Waals surface area contributed by atoms with E-state index in [1.165, 1.54) is 129 Å². The average Bonchev–Trinajstić information content (AvgIpc) is 2.69. The molecule has 0 aliphatic rings. The molecule has 0 radical (unpaired) electrons. The van der Waals surface area contributed by atoms with Crippen LogP contribution in [0.3, 0.4) is 0 Å². The Balaban J connectivity index is 3.09. The van der Waals surface area contributed by atoms with Crippen LogP contribution in [0.4, 0.5) is 4.79 Å². The van der Waals surface area contributed by atoms with Gasteiger partial charge in [0.05, 0.1) is 7.11 Å². The monoisotopic (exact) mass is 397 g/mol. The van der Waals surface area contributed by atoms with E-state index in [9.17, 15) is 4.79 Å². The molecule has 0 aromatic rings. The second-order valence-electron chi connectivity index (χ2n) is 8.69. The van der Waals surface area contributed by atoms with E-state index in [1.807, 2.05) is 6.92 Å². The van der Waals surface area contributed by atoms with Gasteiger partial charge in [0, 0.05) is 6.04 Å². The summed E-state index contributed by atoms with van der Waals surface area (Å²) in [6.07, 6.45) is 27.5. The molecule has 0 aromatic carbocycles. The maximum atomic E-state index is 11.1. The number of nitrogens with one attached hydrogen (secondary N) is 1. The molecular weight excluding hydrogens is 346 g/mol. The van der Waals surface area contributed by atoms with Crippen molar-refractivity contribution in [2.75, 3.05) is 7.11 Å². The van der Waals surface area contributed by atoms with Gasteiger partial charge in [0.25, 0.3) is 0 Å². The second kappa shape index (κ2) is 22.6. The maximum Gasteiger partial charge on any atom is 0.407 e. The fraction of sp³-hybridized carbons (Fsp3) is 0.960. The molecule has 3 heteroatoms. The van der Waals surface area contributed by atoms with Crippen molar-refractivity contribution in [1.82, 2.24) is 5.32 Å². The summed E-state index contributed by atoms with van der Waals surface area (Å²) in [5, 5.41) is 2.83. The summed E-state index contributed by atoms with van der Waals surface area (Å²) in [4.78, 5) is 11.1. The number of carbonyl (C=O) groups excluding carboxylic acids is 1. The minimum atomic E-state index is -0.315. The van der Waals surface area contributed by atoms with E-state index in [0.717, 1.165) is 6.42 Å². The van der Waals surface area contributed by atoms with E-state index in [2.05, 4.69) is 17.0 Å². The summed E-state index contributed by atoms with van der Waals surface area (Å²) in [6, 6.07) is 0.221. The number of methoxy groups -OCH3 is 1. The molecule has 0 spiro atoms. The summed E-state index contributed by atoms with van der Waals surface area (Å²) >= 11 is 0. The zero-order valence-electron chi connectivity index (χ0n) is 19.5. The molecule has 28 heavy (non-hydrogen) atoms. The SMILES string of the molecule is CCCCCCCCCCCCCCCCCCCCCC(C)NC(=O)OC. The number of unbranched alkanes of at least 4 members (excludes halogenated alkanes) is 18. The number of ether oxygens (including phenoxy) is 1. The molecule has 1 amide bonds. The first-order valence-electron chi connectivity index (χ1n) is 12.5. The molecule has 168 valence electrons. The van der Waals surface area contributed by atoms with Crippen molar-refractivity contribution in [3.05, 3.63) is 0 Å². The first kappa shape index (κ1) is 27.3. The lowest BCUT2D eigenvalue weighted by Gasteiger charge is -2.12. The highest BCUT2D eigenvalue weighted by Gasteiger charge is 2.05. The zero-order chi connectivity index (χ0) is 20.7. The Bertz CT molecular complexity index is 320. The molecule has 0 saturated carbocycles. The Morgan fingerprint density at radius 3 is 1.29 bits per heavy atom. The fourth-order valence-electron chi connectivity index (χ4n) is 3.86. The van der Waals surface area contributed by atoms with Crippen LogP contribution in [0, 0.1) is 0 Å². The van der Waals surface area contributed by atoms with Gasteiger partial charge in [0.15, 0.2) is 0 Å². The standard InChI is InChI=1S/C25H51NO2/c1-4-5-6-7-8-9-10-11-12-13-14-15-16-17-18-19-20-21-22-23-24(2)26-25(27)28-3/h24H,4-23H2,1-3H3,(H,26,27). The summed E-state index contributed by atoms with van der Waals surface area (Å²) in [7, 11) is 1.42. The number of hydrogen-bond acceptors (Lipinski definition) is 2. The highest BCUT2D eigenvalue weighted by Crippen LogP contribution is 2.15. The lowest BCUT2D eigenvalue weighted by molar-refractivity contribution is 0.166. The predicted octanol–water partition coefficient (Wildman–Crippen LogP) is 8.55. The van der Waals surface area contributed by atoms with Gasteiger partial charge in [-0.05, 0) is 13.3 Å². The van der Waals surface area contributed by atoms with E-state index in [-0.39, 0.29) is 12.1 Å². The average molecular weight is 398 g/mol. The maximum absolute atomic E-state index is 11.1. The Hall–Kier alpha value is -0.730. The van der Waals surface area contributed by atoms with Crippen molar-refractivity contribution in [1.29, 1.82) is 0 Å². The third-order valence-corrected chi connectivity index (χ3v) is 5.79. The highest BCUT2D eigenvalue weighted by molar-refractivity contribution is 5.67. The van der Waals surface area contributed by atoms with E-state index in [0.29, 0.717) is 0 Å². The van der Waals surface area contributed by atoms with Crippen molar-refractivity contribution < 1.29 is 9.53 Å². The summed E-state index contributed by atoms with van der Waals surface area (Å²) in [6.45, 7) is 4.34. The van der Waals surface area contributed by atoms with Crippen LogP contribution in [0.15, 0.2) is 0 Å². The van der Waals surface area contributed by atoms with Crippen LogP contribution in [-0.4, -0.2) is 19.2 Å². The van der Waals surface area contributed by atoms with Crippen LogP contribution in [0.25, 0.3) is 0 Å². The van der Waals surface area contributed by atoms with Gasteiger partial charge in [-0.15, -0.1) is 0 Å². The summed E-state index contributed by atoms with van der Waals surface area (Å²) in [5.41, 5.74) is 0. The van der Waals surface area contributed by atoms with Crippen LogP contribution in [-0.2, 0) is 4.74 Å². The molecule has 0 saturated heterocycles. The number of amides is 1. The van der Waals surface area contributed by atoms with Gasteiger partial charge >= 0.3 is 6.09 Å². The lowest BCUT2D eigenvalue weighted by atomic mass is 10.0. The molecule has 1 unspecified atom stereocenters. The lowest BCUT2D eigenvalue weighted by Crippen LogP contribution is -2.32. The van der Waals surface area contributed by atoms with Gasteiger partial charge in [-0.2, -0.15) is 0 Å². The van der Waals surface area contributed by atoms with Crippen LogP contribution < -0.4 is 5.32 Å². The van der Waals surface area contributed by atoms with Gasteiger partial charge in [-0.3, -0.25) is 0 Å².